The van der Waals surface area contributed by atoms with Crippen molar-refractivity contribution in [3.63, 3.8) is 0 Å². The van der Waals surface area contributed by atoms with Crippen LogP contribution in [0, 0.1) is 6.92 Å². The molecule has 0 N–H and O–H groups in total. The van der Waals surface area contributed by atoms with Gasteiger partial charge in [0.2, 0.25) is 0 Å². The lowest BCUT2D eigenvalue weighted by molar-refractivity contribution is 0.303. The number of fused-ring (bicyclic) bond motifs is 1. The van der Waals surface area contributed by atoms with Crippen LogP contribution >= 0.6 is 0 Å². The van der Waals surface area contributed by atoms with Crippen molar-refractivity contribution in [3.05, 3.63) is 59.9 Å². The van der Waals surface area contributed by atoms with Gasteiger partial charge in [0.25, 0.3) is 0 Å². The van der Waals surface area contributed by atoms with E-state index in [1.165, 1.54) is 36.2 Å². The highest BCUT2D eigenvalue weighted by Crippen LogP contribution is 2.19. The van der Waals surface area contributed by atoms with Gasteiger partial charge in [-0.1, -0.05) is 49.6 Å². The second-order valence-electron chi connectivity index (χ2n) is 6.99. The molecule has 0 bridgehead atoms. The van der Waals surface area contributed by atoms with E-state index in [0.717, 1.165) is 43.7 Å². The van der Waals surface area contributed by atoms with E-state index in [1.54, 1.807) is 0 Å². The first-order valence-electron chi connectivity index (χ1n) is 9.91. The number of hydrogen-bond donors (Lipinski definition) is 0. The van der Waals surface area contributed by atoms with Gasteiger partial charge in [-0.25, -0.2) is 4.98 Å². The van der Waals surface area contributed by atoms with E-state index in [0.29, 0.717) is 0 Å². The maximum Gasteiger partial charge on any atom is 0.119 e. The fraction of sp³-hybridized carbons (Fsp3) is 0.435. The average molecular weight is 351 g/mol. The normalized spacial score (nSPS) is 11.2. The van der Waals surface area contributed by atoms with Crippen molar-refractivity contribution in [2.45, 2.75) is 58.9 Å². The maximum absolute atomic E-state index is 5.85. The second-order valence-corrected chi connectivity index (χ2v) is 6.99. The van der Waals surface area contributed by atoms with Gasteiger partial charge in [0.05, 0.1) is 17.6 Å². The number of aromatic nitrogens is 2. The molecule has 2 aromatic carbocycles. The van der Waals surface area contributed by atoms with E-state index in [1.807, 2.05) is 12.1 Å². The fourth-order valence-electron chi connectivity index (χ4n) is 3.30. The summed E-state index contributed by atoms with van der Waals surface area (Å²) < 4.78 is 8.27. The lowest BCUT2D eigenvalue weighted by Gasteiger charge is -2.10. The van der Waals surface area contributed by atoms with E-state index in [4.69, 9.17) is 9.72 Å². The Morgan fingerprint density at radius 1 is 0.923 bits per heavy atom. The van der Waals surface area contributed by atoms with Gasteiger partial charge in [-0.05, 0) is 50.5 Å². The van der Waals surface area contributed by atoms with Crippen LogP contribution in [0.4, 0.5) is 0 Å². The van der Waals surface area contributed by atoms with Crippen molar-refractivity contribution < 1.29 is 4.74 Å². The number of aryl methyl sites for hydroxylation is 3. The molecule has 0 aliphatic carbocycles. The lowest BCUT2D eigenvalue weighted by Crippen LogP contribution is -2.06. The number of hydrogen-bond acceptors (Lipinski definition) is 2. The summed E-state index contributed by atoms with van der Waals surface area (Å²) in [5.41, 5.74) is 3.65. The Balaban J connectivity index is 1.55. The average Bonchev–Trinajstić information content (AvgIpc) is 3.01. The van der Waals surface area contributed by atoms with E-state index in [9.17, 15) is 0 Å². The van der Waals surface area contributed by atoms with Crippen molar-refractivity contribution >= 4 is 11.0 Å². The summed E-state index contributed by atoms with van der Waals surface area (Å²) in [6, 6.07) is 16.8. The Labute approximate surface area is 157 Å². The summed E-state index contributed by atoms with van der Waals surface area (Å²) in [6.45, 7) is 6.12. The molecule has 3 rings (SSSR count). The molecule has 0 saturated carbocycles. The molecule has 3 nitrogen and oxygen atoms in total. The van der Waals surface area contributed by atoms with Crippen molar-refractivity contribution in [1.82, 2.24) is 9.55 Å². The highest BCUT2D eigenvalue weighted by Gasteiger charge is 2.09. The molecule has 1 heterocycles. The minimum atomic E-state index is 0.765. The van der Waals surface area contributed by atoms with Gasteiger partial charge in [-0.3, -0.25) is 0 Å². The van der Waals surface area contributed by atoms with Gasteiger partial charge < -0.3 is 9.30 Å². The molecule has 0 fully saturated rings. The molecule has 0 aliphatic rings. The van der Waals surface area contributed by atoms with Crippen molar-refractivity contribution in [2.24, 2.45) is 0 Å². The van der Waals surface area contributed by atoms with Crippen LogP contribution in [0.1, 0.15) is 50.4 Å². The highest BCUT2D eigenvalue weighted by molar-refractivity contribution is 5.75. The van der Waals surface area contributed by atoms with Crippen LogP contribution in [0.2, 0.25) is 0 Å². The second kappa shape index (κ2) is 9.42. The Kier molecular flexibility index (Phi) is 6.70. The van der Waals surface area contributed by atoms with Crippen molar-refractivity contribution in [1.29, 1.82) is 0 Å². The molecule has 0 radical (unpaired) electrons. The molecule has 0 spiro atoms. The molecule has 0 saturated heterocycles. The molecule has 1 aromatic heterocycles. The molecule has 0 amide bonds. The van der Waals surface area contributed by atoms with Gasteiger partial charge in [0.1, 0.15) is 11.6 Å². The fourth-order valence-corrected chi connectivity index (χ4v) is 3.30. The predicted molar refractivity (Wildman–Crippen MR) is 109 cm³/mol. The first-order valence-corrected chi connectivity index (χ1v) is 9.91. The van der Waals surface area contributed by atoms with Crippen molar-refractivity contribution in [3.8, 4) is 5.75 Å². The van der Waals surface area contributed by atoms with Crippen LogP contribution in [0.3, 0.4) is 0 Å². The summed E-state index contributed by atoms with van der Waals surface area (Å²) in [5, 5.41) is 0. The van der Waals surface area contributed by atoms with Gasteiger partial charge in [0.15, 0.2) is 0 Å². The van der Waals surface area contributed by atoms with Crippen LogP contribution in [0.5, 0.6) is 5.75 Å². The monoisotopic (exact) mass is 350 g/mol. The molecule has 0 aliphatic heterocycles. The van der Waals surface area contributed by atoms with E-state index in [-0.39, 0.29) is 0 Å². The van der Waals surface area contributed by atoms with Gasteiger partial charge in [0, 0.05) is 13.0 Å². The number of benzene rings is 2. The highest BCUT2D eigenvalue weighted by atomic mass is 16.5. The minimum Gasteiger partial charge on any atom is -0.494 e. The van der Waals surface area contributed by atoms with E-state index in [2.05, 4.69) is 54.8 Å². The molecular formula is C23H30N2O. The summed E-state index contributed by atoms with van der Waals surface area (Å²) in [6.07, 6.45) is 6.96. The third kappa shape index (κ3) is 4.87. The SMILES string of the molecule is CCCCCc1nc2ccccc2n1CCCCOc1ccc(C)cc1. The Hall–Kier alpha value is -2.29. The predicted octanol–water partition coefficient (Wildman–Crippen LogP) is 5.94. The third-order valence-corrected chi connectivity index (χ3v) is 4.80. The summed E-state index contributed by atoms with van der Waals surface area (Å²) in [5.74, 6) is 2.20. The lowest BCUT2D eigenvalue weighted by atomic mass is 10.2. The van der Waals surface area contributed by atoms with Crippen LogP contribution in [-0.4, -0.2) is 16.2 Å². The Morgan fingerprint density at radius 2 is 1.73 bits per heavy atom. The summed E-state index contributed by atoms with van der Waals surface area (Å²) in [7, 11) is 0. The van der Waals surface area contributed by atoms with Crippen LogP contribution < -0.4 is 4.74 Å². The smallest absolute Gasteiger partial charge is 0.119 e. The zero-order chi connectivity index (χ0) is 18.2. The molecule has 0 atom stereocenters. The quantitative estimate of drug-likeness (QED) is 0.423. The first-order chi connectivity index (χ1) is 12.8. The van der Waals surface area contributed by atoms with Gasteiger partial charge in [-0.2, -0.15) is 0 Å². The van der Waals surface area contributed by atoms with E-state index < -0.39 is 0 Å². The number of imidazole rings is 1. The molecule has 3 heteroatoms. The standard InChI is InChI=1S/C23H30N2O/c1-3-4-5-12-23-24-21-10-6-7-11-22(21)25(23)17-8-9-18-26-20-15-13-19(2)14-16-20/h6-7,10-11,13-16H,3-5,8-9,12,17-18H2,1-2H3. The summed E-state index contributed by atoms with van der Waals surface area (Å²) in [4.78, 5) is 4.87. The molecule has 3 aromatic rings. The number of nitrogens with zero attached hydrogens (tertiary/aromatic N) is 2. The number of ether oxygens (including phenoxy) is 1. The molecule has 26 heavy (non-hydrogen) atoms. The largest absolute Gasteiger partial charge is 0.494 e. The van der Waals surface area contributed by atoms with Gasteiger partial charge >= 0.3 is 0 Å². The first kappa shape index (κ1) is 18.5. The van der Waals surface area contributed by atoms with Crippen LogP contribution in [0.15, 0.2) is 48.5 Å². The minimum absolute atomic E-state index is 0.765. The van der Waals surface area contributed by atoms with E-state index >= 15 is 0 Å². The topological polar surface area (TPSA) is 27.1 Å². The maximum atomic E-state index is 5.85. The Bertz CT molecular complexity index is 805. The number of rotatable bonds is 10. The number of unbranched alkanes of at least 4 members (excludes halogenated alkanes) is 3. The molecule has 138 valence electrons. The zero-order valence-electron chi connectivity index (χ0n) is 16.1. The zero-order valence-corrected chi connectivity index (χ0v) is 16.1. The van der Waals surface area contributed by atoms with Gasteiger partial charge in [-0.15, -0.1) is 0 Å². The Morgan fingerprint density at radius 3 is 2.54 bits per heavy atom. The van der Waals surface area contributed by atoms with Crippen molar-refractivity contribution in [2.75, 3.05) is 6.61 Å². The van der Waals surface area contributed by atoms with Crippen LogP contribution in [-0.2, 0) is 13.0 Å². The molecular weight excluding hydrogens is 320 g/mol. The van der Waals surface area contributed by atoms with Crippen LogP contribution in [0.25, 0.3) is 11.0 Å². The number of para-hydroxylation sites is 2. The molecule has 0 unspecified atom stereocenters. The third-order valence-electron chi connectivity index (χ3n) is 4.80. The summed E-state index contributed by atoms with van der Waals surface area (Å²) >= 11 is 0.